The Kier molecular flexibility index (Phi) is 7.25. The molecule has 0 radical (unpaired) electrons. The van der Waals surface area contributed by atoms with E-state index in [1.54, 1.807) is 0 Å². The number of hydrogen-bond acceptors (Lipinski definition) is 2. The third kappa shape index (κ3) is 5.65. The van der Waals surface area contributed by atoms with Gasteiger partial charge in [0.25, 0.3) is 0 Å². The first-order valence-electron chi connectivity index (χ1n) is 10.6. The molecule has 4 N–H and O–H groups in total. The van der Waals surface area contributed by atoms with Gasteiger partial charge in [0.1, 0.15) is 0 Å². The van der Waals surface area contributed by atoms with Crippen molar-refractivity contribution in [2.24, 2.45) is 16.6 Å². The van der Waals surface area contributed by atoms with E-state index in [2.05, 4.69) is 10.6 Å². The van der Waals surface area contributed by atoms with E-state index >= 15 is 0 Å². The maximum Gasteiger partial charge on any atom is 0.191 e. The van der Waals surface area contributed by atoms with E-state index in [-0.39, 0.29) is 0 Å². The molecule has 0 saturated heterocycles. The Morgan fingerprint density at radius 2 is 1.25 bits per heavy atom. The monoisotopic (exact) mass is 334 g/mol. The lowest BCUT2D eigenvalue weighted by Gasteiger charge is -2.32. The molecule has 3 saturated carbocycles. The van der Waals surface area contributed by atoms with Gasteiger partial charge in [-0.25, -0.2) is 4.99 Å². The van der Waals surface area contributed by atoms with Gasteiger partial charge >= 0.3 is 0 Å². The summed E-state index contributed by atoms with van der Waals surface area (Å²) in [5, 5.41) is 7.58. The van der Waals surface area contributed by atoms with Crippen molar-refractivity contribution in [3.05, 3.63) is 0 Å². The van der Waals surface area contributed by atoms with Crippen LogP contribution in [0, 0.1) is 5.92 Å². The normalized spacial score (nSPS) is 31.0. The summed E-state index contributed by atoms with van der Waals surface area (Å²) in [6.45, 7) is 0.857. The summed E-state index contributed by atoms with van der Waals surface area (Å²) >= 11 is 0. The number of hydrogen-bond donors (Lipinski definition) is 3. The molecule has 0 bridgehead atoms. The number of nitrogens with one attached hydrogen (secondary N) is 2. The highest BCUT2D eigenvalue weighted by Gasteiger charge is 2.23. The van der Waals surface area contributed by atoms with Crippen LogP contribution in [0.1, 0.15) is 89.9 Å². The van der Waals surface area contributed by atoms with Crippen LogP contribution in [0.5, 0.6) is 0 Å². The first kappa shape index (κ1) is 18.0. The van der Waals surface area contributed by atoms with Gasteiger partial charge in [0.2, 0.25) is 0 Å². The number of aliphatic imine (C=N–C) groups is 1. The van der Waals surface area contributed by atoms with Gasteiger partial charge in [0.05, 0.1) is 6.04 Å². The quantitative estimate of drug-likeness (QED) is 0.542. The second-order valence-corrected chi connectivity index (χ2v) is 8.35. The number of rotatable bonds is 4. The smallest absolute Gasteiger partial charge is 0.191 e. The number of guanidine groups is 1. The summed E-state index contributed by atoms with van der Waals surface area (Å²) in [6.07, 6.45) is 18.5. The van der Waals surface area contributed by atoms with Crippen molar-refractivity contribution in [1.29, 1.82) is 0 Å². The van der Waals surface area contributed by atoms with E-state index in [0.717, 1.165) is 18.4 Å². The lowest BCUT2D eigenvalue weighted by Crippen LogP contribution is -2.49. The minimum absolute atomic E-state index is 0.540. The van der Waals surface area contributed by atoms with Crippen LogP contribution >= 0.6 is 0 Å². The van der Waals surface area contributed by atoms with Crippen LogP contribution in [0.25, 0.3) is 0 Å². The van der Waals surface area contributed by atoms with E-state index in [1.807, 2.05) is 0 Å². The minimum atomic E-state index is 0.540. The molecule has 0 amide bonds. The van der Waals surface area contributed by atoms with E-state index in [9.17, 15) is 0 Å². The van der Waals surface area contributed by atoms with Gasteiger partial charge in [0.15, 0.2) is 5.96 Å². The fourth-order valence-corrected chi connectivity index (χ4v) is 4.69. The molecule has 0 heterocycles. The summed E-state index contributed by atoms with van der Waals surface area (Å²) in [6, 6.07) is 1.76. The highest BCUT2D eigenvalue weighted by Crippen LogP contribution is 2.24. The van der Waals surface area contributed by atoms with E-state index in [4.69, 9.17) is 10.7 Å². The molecule has 3 fully saturated rings. The third-order valence-electron chi connectivity index (χ3n) is 6.35. The molecule has 3 rings (SSSR count). The standard InChI is InChI=1S/C20H38N4/c21-15-16-11-13-19(14-12-16)24-20(22-17-7-3-1-4-8-17)23-18-9-5-2-6-10-18/h16-19H,1-15,21H2,(H2,22,23,24). The Bertz CT molecular complexity index is 375. The Morgan fingerprint density at radius 1 is 0.708 bits per heavy atom. The van der Waals surface area contributed by atoms with Crippen LogP contribution in [0.15, 0.2) is 4.99 Å². The van der Waals surface area contributed by atoms with Gasteiger partial charge in [0, 0.05) is 12.1 Å². The van der Waals surface area contributed by atoms with Crippen LogP contribution in [0.4, 0.5) is 0 Å². The summed E-state index contributed by atoms with van der Waals surface area (Å²) in [5.74, 6) is 1.86. The molecule has 0 atom stereocenters. The highest BCUT2D eigenvalue weighted by molar-refractivity contribution is 5.80. The molecular formula is C20H38N4. The van der Waals surface area contributed by atoms with Gasteiger partial charge in [-0.2, -0.15) is 0 Å². The molecule has 3 aliphatic carbocycles. The Hall–Kier alpha value is -0.770. The summed E-state index contributed by atoms with van der Waals surface area (Å²) in [7, 11) is 0. The van der Waals surface area contributed by atoms with Crippen molar-refractivity contribution in [2.75, 3.05) is 6.54 Å². The highest BCUT2D eigenvalue weighted by atomic mass is 15.2. The first-order chi connectivity index (χ1) is 11.8. The van der Waals surface area contributed by atoms with Crippen molar-refractivity contribution in [2.45, 2.75) is 108 Å². The fourth-order valence-electron chi connectivity index (χ4n) is 4.69. The Morgan fingerprint density at radius 3 is 1.83 bits per heavy atom. The van der Waals surface area contributed by atoms with Crippen molar-refractivity contribution in [3.63, 3.8) is 0 Å². The number of nitrogens with zero attached hydrogens (tertiary/aromatic N) is 1. The molecule has 4 heteroatoms. The Labute approximate surface area is 148 Å². The molecule has 24 heavy (non-hydrogen) atoms. The molecule has 4 nitrogen and oxygen atoms in total. The maximum atomic E-state index is 5.84. The van der Waals surface area contributed by atoms with Gasteiger partial charge < -0.3 is 16.4 Å². The molecule has 0 aromatic heterocycles. The van der Waals surface area contributed by atoms with E-state index in [0.29, 0.717) is 18.1 Å². The molecule has 0 aliphatic heterocycles. The molecule has 0 unspecified atom stereocenters. The van der Waals surface area contributed by atoms with E-state index in [1.165, 1.54) is 89.9 Å². The van der Waals surface area contributed by atoms with Crippen LogP contribution in [0.2, 0.25) is 0 Å². The van der Waals surface area contributed by atoms with Crippen molar-refractivity contribution in [3.8, 4) is 0 Å². The molecule has 3 aliphatic rings. The summed E-state index contributed by atoms with van der Waals surface area (Å²) in [5.41, 5.74) is 5.84. The average Bonchev–Trinajstić information content (AvgIpc) is 2.64. The van der Waals surface area contributed by atoms with Gasteiger partial charge in [-0.05, 0) is 63.8 Å². The molecule has 0 aromatic carbocycles. The molecule has 138 valence electrons. The summed E-state index contributed by atoms with van der Waals surface area (Å²) in [4.78, 5) is 5.13. The average molecular weight is 335 g/mol. The Balaban J connectivity index is 1.56. The zero-order valence-corrected chi connectivity index (χ0v) is 15.4. The van der Waals surface area contributed by atoms with Crippen LogP contribution < -0.4 is 16.4 Å². The van der Waals surface area contributed by atoms with Crippen LogP contribution in [-0.4, -0.2) is 30.6 Å². The van der Waals surface area contributed by atoms with Crippen molar-refractivity contribution < 1.29 is 0 Å². The van der Waals surface area contributed by atoms with Gasteiger partial charge in [-0.15, -0.1) is 0 Å². The zero-order valence-electron chi connectivity index (χ0n) is 15.4. The predicted molar refractivity (Wildman–Crippen MR) is 102 cm³/mol. The fraction of sp³-hybridized carbons (Fsp3) is 0.950. The van der Waals surface area contributed by atoms with Gasteiger partial charge in [-0.3, -0.25) is 0 Å². The molecule has 0 aromatic rings. The third-order valence-corrected chi connectivity index (χ3v) is 6.35. The van der Waals surface area contributed by atoms with Crippen molar-refractivity contribution >= 4 is 5.96 Å². The second kappa shape index (κ2) is 9.65. The largest absolute Gasteiger partial charge is 0.354 e. The lowest BCUT2D eigenvalue weighted by molar-refractivity contribution is 0.313. The molecule has 0 spiro atoms. The topological polar surface area (TPSA) is 62.4 Å². The van der Waals surface area contributed by atoms with Crippen LogP contribution in [-0.2, 0) is 0 Å². The van der Waals surface area contributed by atoms with Crippen molar-refractivity contribution in [1.82, 2.24) is 10.6 Å². The summed E-state index contributed by atoms with van der Waals surface area (Å²) < 4.78 is 0. The van der Waals surface area contributed by atoms with E-state index < -0.39 is 0 Å². The predicted octanol–water partition coefficient (Wildman–Crippen LogP) is 3.70. The van der Waals surface area contributed by atoms with Gasteiger partial charge in [-0.1, -0.05) is 38.5 Å². The zero-order chi connectivity index (χ0) is 16.6. The van der Waals surface area contributed by atoms with Crippen LogP contribution in [0.3, 0.4) is 0 Å². The molecular weight excluding hydrogens is 296 g/mol. The SMILES string of the molecule is NCC1CCC(N/C(=N/C2CCCCC2)NC2CCCCC2)CC1. The number of nitrogens with two attached hydrogens (primary N) is 1. The first-order valence-corrected chi connectivity index (χ1v) is 10.6. The minimum Gasteiger partial charge on any atom is -0.354 e. The second-order valence-electron chi connectivity index (χ2n) is 8.35. The lowest BCUT2D eigenvalue weighted by atomic mass is 9.86. The maximum absolute atomic E-state index is 5.84.